The van der Waals surface area contributed by atoms with Crippen LogP contribution in [0.5, 0.6) is 0 Å². The van der Waals surface area contributed by atoms with Gasteiger partial charge in [-0.1, -0.05) is 0 Å². The van der Waals surface area contributed by atoms with Crippen molar-refractivity contribution in [2.24, 2.45) is 11.7 Å². The van der Waals surface area contributed by atoms with Gasteiger partial charge in [0, 0.05) is 24.7 Å². The fraction of sp³-hybridized carbons (Fsp3) is 0.938. The summed E-state index contributed by atoms with van der Waals surface area (Å²) in [6.07, 6.45) is 8.32. The largest absolute Gasteiger partial charge is 0.368 e. The highest BCUT2D eigenvalue weighted by molar-refractivity contribution is 5.85. The molecule has 0 radical (unpaired) electrons. The molecule has 4 atom stereocenters. The summed E-state index contributed by atoms with van der Waals surface area (Å²) in [5.41, 5.74) is 5.29. The van der Waals surface area contributed by atoms with Crippen molar-refractivity contribution in [2.45, 2.75) is 82.5 Å². The van der Waals surface area contributed by atoms with Gasteiger partial charge in [-0.3, -0.25) is 9.69 Å². The Morgan fingerprint density at radius 2 is 2.10 bits per heavy atom. The number of carbonyl (C=O) groups excluding carboxylic acids is 1. The first kappa shape index (κ1) is 14.3. The molecule has 1 saturated heterocycles. The molecule has 114 valence electrons. The number of carbonyl (C=O) groups is 1. The molecule has 3 fully saturated rings. The topological polar surface area (TPSA) is 58.4 Å². The first-order valence-electron chi connectivity index (χ1n) is 8.33. The molecule has 0 aromatic rings. The lowest BCUT2D eigenvalue weighted by atomic mass is 9.77. The Kier molecular flexibility index (Phi) is 3.80. The molecule has 0 spiro atoms. The minimum atomic E-state index is -0.473. The third-order valence-electron chi connectivity index (χ3n) is 5.68. The minimum Gasteiger partial charge on any atom is -0.368 e. The molecule has 4 heteroatoms. The van der Waals surface area contributed by atoms with Crippen LogP contribution in [-0.2, 0) is 4.79 Å². The predicted octanol–water partition coefficient (Wildman–Crippen LogP) is 1.64. The van der Waals surface area contributed by atoms with E-state index in [4.69, 9.17) is 5.73 Å². The number of nitrogens with one attached hydrogen (secondary N) is 1. The highest BCUT2D eigenvalue weighted by Gasteiger charge is 2.47. The van der Waals surface area contributed by atoms with Crippen LogP contribution in [0.4, 0.5) is 0 Å². The van der Waals surface area contributed by atoms with Crippen molar-refractivity contribution in [1.29, 1.82) is 0 Å². The summed E-state index contributed by atoms with van der Waals surface area (Å²) < 4.78 is 0. The van der Waals surface area contributed by atoms with E-state index in [1.165, 1.54) is 32.2 Å². The first-order chi connectivity index (χ1) is 9.50. The van der Waals surface area contributed by atoms with E-state index in [1.54, 1.807) is 0 Å². The average molecular weight is 279 g/mol. The third kappa shape index (κ3) is 2.48. The van der Waals surface area contributed by atoms with E-state index < -0.39 is 5.54 Å². The van der Waals surface area contributed by atoms with Gasteiger partial charge in [0.1, 0.15) is 0 Å². The zero-order valence-electron chi connectivity index (χ0n) is 12.9. The molecule has 2 aliphatic carbocycles. The molecule has 0 aromatic heterocycles. The molecule has 1 aliphatic heterocycles. The Labute approximate surface area is 122 Å². The van der Waals surface area contributed by atoms with Gasteiger partial charge in [-0.05, 0) is 64.7 Å². The van der Waals surface area contributed by atoms with Crippen LogP contribution in [-0.4, -0.2) is 41.0 Å². The Hall–Kier alpha value is -0.610. The van der Waals surface area contributed by atoms with Crippen LogP contribution in [0.3, 0.4) is 0 Å². The van der Waals surface area contributed by atoms with Crippen LogP contribution in [0.1, 0.15) is 58.8 Å². The second kappa shape index (κ2) is 5.30. The maximum Gasteiger partial charge on any atom is 0.237 e. The number of rotatable bonds is 4. The number of hydrogen-bond donors (Lipinski definition) is 2. The van der Waals surface area contributed by atoms with Gasteiger partial charge in [0.25, 0.3) is 0 Å². The van der Waals surface area contributed by atoms with Crippen LogP contribution in [0.2, 0.25) is 0 Å². The Bertz CT molecular complexity index is 384. The van der Waals surface area contributed by atoms with E-state index in [9.17, 15) is 4.79 Å². The molecule has 4 nitrogen and oxygen atoms in total. The zero-order chi connectivity index (χ0) is 14.3. The second-order valence-corrected chi connectivity index (χ2v) is 7.53. The zero-order valence-corrected chi connectivity index (χ0v) is 12.9. The molecule has 0 aromatic carbocycles. The maximum absolute atomic E-state index is 12.1. The summed E-state index contributed by atoms with van der Waals surface area (Å²) >= 11 is 0. The van der Waals surface area contributed by atoms with Crippen LogP contribution in [0.15, 0.2) is 0 Å². The molecule has 2 bridgehead atoms. The monoisotopic (exact) mass is 279 g/mol. The van der Waals surface area contributed by atoms with E-state index in [1.807, 2.05) is 0 Å². The van der Waals surface area contributed by atoms with Crippen molar-refractivity contribution < 1.29 is 4.79 Å². The number of likely N-dealkylation sites (tertiary alicyclic amines) is 1. The lowest BCUT2D eigenvalue weighted by Gasteiger charge is -2.45. The van der Waals surface area contributed by atoms with Crippen LogP contribution in [0, 0.1) is 5.92 Å². The lowest BCUT2D eigenvalue weighted by molar-refractivity contribution is -0.127. The van der Waals surface area contributed by atoms with Crippen molar-refractivity contribution in [3.8, 4) is 0 Å². The standard InChI is InChI=1S/C16H29N3O/c1-11(2)18-16(15(17)20)7-3-4-14(9-16)19-10-12-5-6-13(19)8-12/h11-14,18H,3-10H2,1-2H3,(H2,17,20). The number of piperidine rings is 1. The van der Waals surface area contributed by atoms with Gasteiger partial charge in [0.15, 0.2) is 0 Å². The average Bonchev–Trinajstić information content (AvgIpc) is 3.00. The van der Waals surface area contributed by atoms with E-state index in [-0.39, 0.29) is 5.91 Å². The molecule has 3 aliphatic rings. The van der Waals surface area contributed by atoms with Gasteiger partial charge in [0.05, 0.1) is 5.54 Å². The van der Waals surface area contributed by atoms with Gasteiger partial charge < -0.3 is 11.1 Å². The number of hydrogen-bond acceptors (Lipinski definition) is 3. The van der Waals surface area contributed by atoms with E-state index >= 15 is 0 Å². The van der Waals surface area contributed by atoms with Gasteiger partial charge in [0.2, 0.25) is 5.91 Å². The molecular weight excluding hydrogens is 250 g/mol. The molecular formula is C16H29N3O. The number of primary amides is 1. The minimum absolute atomic E-state index is 0.153. The van der Waals surface area contributed by atoms with Crippen LogP contribution >= 0.6 is 0 Å². The van der Waals surface area contributed by atoms with Crippen molar-refractivity contribution in [3.05, 3.63) is 0 Å². The molecule has 3 N–H and O–H groups in total. The summed E-state index contributed by atoms with van der Waals surface area (Å²) in [5, 5.41) is 3.49. The Morgan fingerprint density at radius 1 is 1.30 bits per heavy atom. The van der Waals surface area contributed by atoms with Crippen LogP contribution < -0.4 is 11.1 Å². The van der Waals surface area contributed by atoms with Gasteiger partial charge in [-0.2, -0.15) is 0 Å². The molecule has 1 amide bonds. The van der Waals surface area contributed by atoms with Crippen molar-refractivity contribution in [3.63, 3.8) is 0 Å². The predicted molar refractivity (Wildman–Crippen MR) is 80.3 cm³/mol. The van der Waals surface area contributed by atoms with E-state index in [2.05, 4.69) is 24.1 Å². The Morgan fingerprint density at radius 3 is 2.65 bits per heavy atom. The summed E-state index contributed by atoms with van der Waals surface area (Å²) in [7, 11) is 0. The van der Waals surface area contributed by atoms with E-state index in [0.29, 0.717) is 12.1 Å². The number of fused-ring (bicyclic) bond motifs is 2. The lowest BCUT2D eigenvalue weighted by Crippen LogP contribution is -2.62. The highest BCUT2D eigenvalue weighted by atomic mass is 16.1. The summed E-state index contributed by atoms with van der Waals surface area (Å²) in [5.74, 6) is 0.767. The number of nitrogens with zero attached hydrogens (tertiary/aromatic N) is 1. The fourth-order valence-corrected chi connectivity index (χ4v) is 4.92. The van der Waals surface area contributed by atoms with E-state index in [0.717, 1.165) is 31.2 Å². The van der Waals surface area contributed by atoms with Crippen molar-refractivity contribution in [1.82, 2.24) is 10.2 Å². The van der Waals surface area contributed by atoms with Gasteiger partial charge >= 0.3 is 0 Å². The molecule has 2 saturated carbocycles. The maximum atomic E-state index is 12.1. The van der Waals surface area contributed by atoms with Crippen LogP contribution in [0.25, 0.3) is 0 Å². The van der Waals surface area contributed by atoms with Crippen molar-refractivity contribution in [2.75, 3.05) is 6.54 Å². The third-order valence-corrected chi connectivity index (χ3v) is 5.68. The second-order valence-electron chi connectivity index (χ2n) is 7.53. The van der Waals surface area contributed by atoms with Gasteiger partial charge in [-0.15, -0.1) is 0 Å². The first-order valence-corrected chi connectivity index (χ1v) is 8.33. The number of amides is 1. The molecule has 4 unspecified atom stereocenters. The number of nitrogens with two attached hydrogens (primary N) is 1. The normalized spacial score (nSPS) is 41.5. The quantitative estimate of drug-likeness (QED) is 0.822. The SMILES string of the molecule is CC(C)NC1(C(N)=O)CCCC(N2CC3CCC2C3)C1. The highest BCUT2D eigenvalue weighted by Crippen LogP contribution is 2.42. The summed E-state index contributed by atoms with van der Waals surface area (Å²) in [4.78, 5) is 14.8. The fourth-order valence-electron chi connectivity index (χ4n) is 4.92. The van der Waals surface area contributed by atoms with Gasteiger partial charge in [-0.25, -0.2) is 0 Å². The Balaban J connectivity index is 1.73. The molecule has 20 heavy (non-hydrogen) atoms. The summed E-state index contributed by atoms with van der Waals surface area (Å²) in [6.45, 7) is 5.46. The summed E-state index contributed by atoms with van der Waals surface area (Å²) in [6, 6.07) is 1.64. The molecule has 3 rings (SSSR count). The molecule has 1 heterocycles. The smallest absolute Gasteiger partial charge is 0.237 e. The van der Waals surface area contributed by atoms with Crippen molar-refractivity contribution >= 4 is 5.91 Å².